The molecule has 0 unspecified atom stereocenters. The molecule has 0 aliphatic carbocycles. The summed E-state index contributed by atoms with van der Waals surface area (Å²) in [4.78, 5) is 16.9. The van der Waals surface area contributed by atoms with E-state index in [4.69, 9.17) is 4.74 Å². The third kappa shape index (κ3) is 4.35. The first-order chi connectivity index (χ1) is 14.8. The number of carbonyl (C=O) groups excluding carboxylic acids is 1. The Kier molecular flexibility index (Phi) is 6.10. The fraction of sp³-hybridized carbons (Fsp3) is 0.381. The number of aromatic nitrogens is 3. The minimum atomic E-state index is -1.04. The van der Waals surface area contributed by atoms with E-state index in [1.165, 1.54) is 17.6 Å². The molecule has 6 nitrogen and oxygen atoms in total. The molecule has 1 aromatic carbocycles. The Bertz CT molecular complexity index is 1070. The maximum Gasteiger partial charge on any atom is 0.275 e. The van der Waals surface area contributed by atoms with E-state index in [0.717, 1.165) is 23.5 Å². The molecule has 4 rings (SSSR count). The van der Waals surface area contributed by atoms with Crippen LogP contribution in [0.1, 0.15) is 42.1 Å². The number of benzene rings is 1. The summed E-state index contributed by atoms with van der Waals surface area (Å²) in [6.07, 6.45) is 1.28. The van der Waals surface area contributed by atoms with Crippen LogP contribution < -0.4 is 5.32 Å². The number of ether oxygens (including phenoxy) is 1. The molecule has 2 aromatic heterocycles. The van der Waals surface area contributed by atoms with Gasteiger partial charge in [-0.25, -0.2) is 18.2 Å². The number of carbonyl (C=O) groups is 1. The molecular weight excluding hydrogens is 429 g/mol. The number of hydrogen-bond acceptors (Lipinski definition) is 5. The minimum absolute atomic E-state index is 0.0198. The zero-order chi connectivity index (χ0) is 22.1. The number of thiazole rings is 1. The van der Waals surface area contributed by atoms with Crippen LogP contribution in [0.4, 0.5) is 18.9 Å². The number of aryl methyl sites for hydroxylation is 1. The summed E-state index contributed by atoms with van der Waals surface area (Å²) in [5, 5.41) is 8.44. The lowest BCUT2D eigenvalue weighted by atomic mass is 9.99. The summed E-state index contributed by atoms with van der Waals surface area (Å²) in [5.41, 5.74) is 0.811. The number of amides is 1. The highest BCUT2D eigenvalue weighted by atomic mass is 32.1. The van der Waals surface area contributed by atoms with Crippen LogP contribution in [0, 0.1) is 17.6 Å². The van der Waals surface area contributed by atoms with Crippen molar-refractivity contribution in [2.24, 2.45) is 13.0 Å². The minimum Gasteiger partial charge on any atom is -0.369 e. The number of hydrogen-bond donors (Lipinski definition) is 1. The molecule has 1 saturated heterocycles. The van der Waals surface area contributed by atoms with E-state index >= 15 is 0 Å². The van der Waals surface area contributed by atoms with Crippen molar-refractivity contribution < 1.29 is 22.7 Å². The van der Waals surface area contributed by atoms with Gasteiger partial charge in [-0.15, -0.1) is 11.3 Å². The first-order valence-electron chi connectivity index (χ1n) is 9.84. The van der Waals surface area contributed by atoms with Crippen LogP contribution in [0.15, 0.2) is 29.8 Å². The van der Waals surface area contributed by atoms with Crippen molar-refractivity contribution in [3.05, 3.63) is 52.8 Å². The second-order valence-electron chi connectivity index (χ2n) is 7.55. The maximum atomic E-state index is 14.0. The monoisotopic (exact) mass is 450 g/mol. The molecule has 0 saturated carbocycles. The molecule has 0 radical (unpaired) electrons. The zero-order valence-electron chi connectivity index (χ0n) is 16.9. The van der Waals surface area contributed by atoms with Gasteiger partial charge in [-0.1, -0.05) is 13.0 Å². The normalized spacial score (nSPS) is 21.6. The highest BCUT2D eigenvalue weighted by Gasteiger charge is 2.29. The number of nitrogens with zero attached hydrogens (tertiary/aromatic N) is 3. The number of anilines is 1. The second-order valence-corrected chi connectivity index (χ2v) is 8.41. The van der Waals surface area contributed by atoms with Crippen LogP contribution in [-0.4, -0.2) is 33.5 Å². The highest BCUT2D eigenvalue weighted by molar-refractivity contribution is 7.13. The first kappa shape index (κ1) is 21.5. The van der Waals surface area contributed by atoms with Gasteiger partial charge in [-0.2, -0.15) is 5.10 Å². The van der Waals surface area contributed by atoms with Gasteiger partial charge in [0, 0.05) is 12.4 Å². The standard InChI is InChI=1S/C21H21F3N4O2S/c1-11-6-7-17(30-9-14(11)24)19-15(8-25-28(19)2)26-20(29)16-10-31-21(27-16)18-12(22)4-3-5-13(18)23/h3-5,8,10-11,14,17H,6-7,9H2,1-2H3,(H,26,29)/t11-,14-,17+/m1/s1. The summed E-state index contributed by atoms with van der Waals surface area (Å²) in [5.74, 6) is -2.15. The molecule has 3 atom stereocenters. The topological polar surface area (TPSA) is 69.0 Å². The Morgan fingerprint density at radius 3 is 2.77 bits per heavy atom. The van der Waals surface area contributed by atoms with E-state index in [1.807, 2.05) is 6.92 Å². The zero-order valence-corrected chi connectivity index (χ0v) is 17.8. The van der Waals surface area contributed by atoms with Crippen LogP contribution >= 0.6 is 11.3 Å². The van der Waals surface area contributed by atoms with E-state index in [9.17, 15) is 18.0 Å². The Morgan fingerprint density at radius 1 is 1.29 bits per heavy atom. The predicted molar refractivity (Wildman–Crippen MR) is 111 cm³/mol. The Labute approximate surface area is 181 Å². The SMILES string of the molecule is C[C@@H]1CC[C@@H](c2c(NC(=O)c3csc(-c4c(F)cccc4F)n3)cnn2C)OC[C@H]1F. The summed E-state index contributed by atoms with van der Waals surface area (Å²) in [6, 6.07) is 3.54. The van der Waals surface area contributed by atoms with E-state index in [2.05, 4.69) is 15.4 Å². The van der Waals surface area contributed by atoms with Gasteiger partial charge in [0.05, 0.1) is 29.7 Å². The quantitative estimate of drug-likeness (QED) is 0.614. The van der Waals surface area contributed by atoms with Crippen molar-refractivity contribution in [1.29, 1.82) is 0 Å². The molecule has 1 N–H and O–H groups in total. The molecular formula is C21H21F3N4O2S. The van der Waals surface area contributed by atoms with Crippen molar-refractivity contribution in [2.75, 3.05) is 11.9 Å². The molecule has 1 amide bonds. The van der Waals surface area contributed by atoms with Gasteiger partial charge in [0.15, 0.2) is 0 Å². The summed E-state index contributed by atoms with van der Waals surface area (Å²) in [6.45, 7) is 1.83. The number of rotatable bonds is 4. The van der Waals surface area contributed by atoms with Gasteiger partial charge in [0.2, 0.25) is 0 Å². The molecule has 164 valence electrons. The lowest BCUT2D eigenvalue weighted by molar-refractivity contribution is 0.0215. The smallest absolute Gasteiger partial charge is 0.275 e. The van der Waals surface area contributed by atoms with Crippen molar-refractivity contribution >= 4 is 22.9 Å². The van der Waals surface area contributed by atoms with E-state index in [0.29, 0.717) is 24.2 Å². The molecule has 1 fully saturated rings. The lowest BCUT2D eigenvalue weighted by Crippen LogP contribution is -2.18. The molecule has 3 aromatic rings. The van der Waals surface area contributed by atoms with Gasteiger partial charge in [0.1, 0.15) is 34.6 Å². The van der Waals surface area contributed by atoms with Crippen LogP contribution in [0.2, 0.25) is 0 Å². The van der Waals surface area contributed by atoms with Crippen molar-refractivity contribution in [2.45, 2.75) is 32.0 Å². The first-order valence-corrected chi connectivity index (χ1v) is 10.7. The van der Waals surface area contributed by atoms with E-state index in [1.54, 1.807) is 11.7 Å². The molecule has 0 bridgehead atoms. The molecule has 31 heavy (non-hydrogen) atoms. The van der Waals surface area contributed by atoms with Crippen molar-refractivity contribution in [3.8, 4) is 10.6 Å². The van der Waals surface area contributed by atoms with Gasteiger partial charge in [-0.05, 0) is 30.9 Å². The number of nitrogens with one attached hydrogen (secondary N) is 1. The number of alkyl halides is 1. The molecule has 1 aliphatic rings. The van der Waals surface area contributed by atoms with E-state index in [-0.39, 0.29) is 28.8 Å². The average Bonchev–Trinajstić information content (AvgIpc) is 3.31. The largest absolute Gasteiger partial charge is 0.369 e. The average molecular weight is 450 g/mol. The van der Waals surface area contributed by atoms with Crippen LogP contribution in [-0.2, 0) is 11.8 Å². The van der Waals surface area contributed by atoms with Crippen LogP contribution in [0.25, 0.3) is 10.6 Å². The summed E-state index contributed by atoms with van der Waals surface area (Å²) >= 11 is 0.971. The third-order valence-corrected chi connectivity index (χ3v) is 6.27. The van der Waals surface area contributed by atoms with Gasteiger partial charge in [0.25, 0.3) is 5.91 Å². The number of halogens is 3. The molecule has 0 spiro atoms. The Morgan fingerprint density at radius 2 is 2.03 bits per heavy atom. The van der Waals surface area contributed by atoms with Gasteiger partial charge < -0.3 is 10.1 Å². The van der Waals surface area contributed by atoms with E-state index < -0.39 is 29.8 Å². The Hall–Kier alpha value is -2.72. The van der Waals surface area contributed by atoms with Crippen LogP contribution in [0.3, 0.4) is 0 Å². The highest BCUT2D eigenvalue weighted by Crippen LogP contribution is 2.35. The molecule has 10 heteroatoms. The summed E-state index contributed by atoms with van der Waals surface area (Å²) in [7, 11) is 1.72. The van der Waals surface area contributed by atoms with Gasteiger partial charge >= 0.3 is 0 Å². The fourth-order valence-electron chi connectivity index (χ4n) is 3.57. The fourth-order valence-corrected chi connectivity index (χ4v) is 4.42. The lowest BCUT2D eigenvalue weighted by Gasteiger charge is -2.17. The summed E-state index contributed by atoms with van der Waals surface area (Å²) < 4.78 is 49.4. The van der Waals surface area contributed by atoms with Crippen LogP contribution in [0.5, 0.6) is 0 Å². The Balaban J connectivity index is 1.55. The predicted octanol–water partition coefficient (Wildman–Crippen LogP) is 4.90. The molecule has 1 aliphatic heterocycles. The van der Waals surface area contributed by atoms with Crippen molar-refractivity contribution in [3.63, 3.8) is 0 Å². The third-order valence-electron chi connectivity index (χ3n) is 5.41. The van der Waals surface area contributed by atoms with Gasteiger partial charge in [-0.3, -0.25) is 9.48 Å². The second kappa shape index (κ2) is 8.80. The maximum absolute atomic E-state index is 14.0. The van der Waals surface area contributed by atoms with Crippen molar-refractivity contribution in [1.82, 2.24) is 14.8 Å². The molecule has 3 heterocycles.